The van der Waals surface area contributed by atoms with Crippen molar-refractivity contribution >= 4 is 5.82 Å². The monoisotopic (exact) mass is 306 g/mol. The average molecular weight is 306 g/mol. The van der Waals surface area contributed by atoms with Crippen LogP contribution in [0.4, 0.5) is 5.82 Å². The average Bonchev–Trinajstić information content (AvgIpc) is 2.46. The molecule has 4 N–H and O–H groups in total. The summed E-state index contributed by atoms with van der Waals surface area (Å²) in [6.45, 7) is 0.421. The van der Waals surface area contributed by atoms with E-state index < -0.39 is 0 Å². The van der Waals surface area contributed by atoms with Crippen molar-refractivity contribution in [3.63, 3.8) is 0 Å². The summed E-state index contributed by atoms with van der Waals surface area (Å²) in [7, 11) is 1.66. The maximum Gasteiger partial charge on any atom is 0.156 e. The number of nitrogens with two attached hydrogens (primary N) is 1. The third-order valence-corrected chi connectivity index (χ3v) is 4.71. The summed E-state index contributed by atoms with van der Waals surface area (Å²) < 4.78 is 5.18. The van der Waals surface area contributed by atoms with Crippen molar-refractivity contribution in [3.8, 4) is 0 Å². The van der Waals surface area contributed by atoms with Crippen LogP contribution in [0.3, 0.4) is 0 Å². The summed E-state index contributed by atoms with van der Waals surface area (Å²) in [6.07, 6.45) is 5.54. The molecule has 22 heavy (non-hydrogen) atoms. The lowest BCUT2D eigenvalue weighted by Gasteiger charge is -2.32. The molecule has 2 saturated carbocycles. The van der Waals surface area contributed by atoms with Crippen LogP contribution >= 0.6 is 0 Å². The molecule has 6 heteroatoms. The second-order valence-corrected chi connectivity index (χ2v) is 6.61. The zero-order valence-corrected chi connectivity index (χ0v) is 13.2. The Morgan fingerprint density at radius 3 is 2.64 bits per heavy atom. The van der Waals surface area contributed by atoms with E-state index in [4.69, 9.17) is 10.5 Å². The van der Waals surface area contributed by atoms with Gasteiger partial charge in [-0.25, -0.2) is 9.97 Å². The van der Waals surface area contributed by atoms with Gasteiger partial charge in [-0.15, -0.1) is 0 Å². The van der Waals surface area contributed by atoms with Gasteiger partial charge in [0.15, 0.2) is 5.82 Å². The Bertz CT molecular complexity index is 497. The molecule has 3 rings (SSSR count). The van der Waals surface area contributed by atoms with Crippen LogP contribution in [-0.4, -0.2) is 40.4 Å². The molecule has 0 amide bonds. The first-order valence-corrected chi connectivity index (χ1v) is 8.21. The molecule has 1 aromatic rings. The van der Waals surface area contributed by atoms with Gasteiger partial charge in [0.1, 0.15) is 12.4 Å². The molecule has 0 atom stereocenters. The Morgan fingerprint density at radius 2 is 2.00 bits per heavy atom. The van der Waals surface area contributed by atoms with E-state index in [1.807, 2.05) is 0 Å². The van der Waals surface area contributed by atoms with E-state index >= 15 is 0 Å². The summed E-state index contributed by atoms with van der Waals surface area (Å²) in [5.41, 5.74) is 6.97. The predicted octanol–water partition coefficient (Wildman–Crippen LogP) is 1.54. The highest BCUT2D eigenvalue weighted by atomic mass is 16.5. The lowest BCUT2D eigenvalue weighted by atomic mass is 9.78. The molecule has 0 spiro atoms. The second kappa shape index (κ2) is 6.89. The molecule has 2 aliphatic carbocycles. The fraction of sp³-hybridized carbons (Fsp3) is 0.750. The van der Waals surface area contributed by atoms with Gasteiger partial charge >= 0.3 is 0 Å². The minimum absolute atomic E-state index is 0.139. The summed E-state index contributed by atoms with van der Waals surface area (Å²) in [5, 5.41) is 13.1. The van der Waals surface area contributed by atoms with Crippen molar-refractivity contribution in [3.05, 3.63) is 17.6 Å². The van der Waals surface area contributed by atoms with Crippen LogP contribution in [0.15, 0.2) is 6.07 Å². The number of ether oxygens (including phenoxy) is 1. The Morgan fingerprint density at radius 1 is 1.27 bits per heavy atom. The van der Waals surface area contributed by atoms with Gasteiger partial charge in [-0.3, -0.25) is 0 Å². The standard InChI is InChI=1S/C16H26N4O2/c1-22-9-16-19-14(10-6-11(17)7-10)8-15(20-16)18-12-2-4-13(21)5-3-12/h8,10-13,21H,2-7,9,17H2,1H3,(H,18,19,20). The highest BCUT2D eigenvalue weighted by Gasteiger charge is 2.29. The SMILES string of the molecule is COCc1nc(NC2CCC(O)CC2)cc(C2CC(N)C2)n1. The zero-order chi connectivity index (χ0) is 15.5. The molecule has 2 fully saturated rings. The van der Waals surface area contributed by atoms with Gasteiger partial charge in [-0.1, -0.05) is 0 Å². The minimum atomic E-state index is -0.139. The maximum atomic E-state index is 9.61. The second-order valence-electron chi connectivity index (χ2n) is 6.61. The number of aromatic nitrogens is 2. The topological polar surface area (TPSA) is 93.3 Å². The Labute approximate surface area is 131 Å². The van der Waals surface area contributed by atoms with Crippen molar-refractivity contribution in [2.75, 3.05) is 12.4 Å². The molecule has 0 unspecified atom stereocenters. The van der Waals surface area contributed by atoms with Gasteiger partial charge < -0.3 is 20.9 Å². The predicted molar refractivity (Wildman–Crippen MR) is 84.6 cm³/mol. The van der Waals surface area contributed by atoms with Crippen LogP contribution in [-0.2, 0) is 11.3 Å². The number of rotatable bonds is 5. The van der Waals surface area contributed by atoms with Gasteiger partial charge in [-0.2, -0.15) is 0 Å². The van der Waals surface area contributed by atoms with E-state index in [2.05, 4.69) is 21.4 Å². The lowest BCUT2D eigenvalue weighted by Crippen LogP contribution is -2.35. The van der Waals surface area contributed by atoms with Crippen LogP contribution < -0.4 is 11.1 Å². The van der Waals surface area contributed by atoms with Crippen molar-refractivity contribution in [1.29, 1.82) is 0 Å². The molecular formula is C16H26N4O2. The first-order chi connectivity index (χ1) is 10.6. The number of nitrogens with zero attached hydrogens (tertiary/aromatic N) is 2. The lowest BCUT2D eigenvalue weighted by molar-refractivity contribution is 0.126. The third-order valence-electron chi connectivity index (χ3n) is 4.71. The highest BCUT2D eigenvalue weighted by molar-refractivity contribution is 5.39. The molecule has 122 valence electrons. The number of methoxy groups -OCH3 is 1. The Kier molecular flexibility index (Phi) is 4.90. The van der Waals surface area contributed by atoms with Crippen LogP contribution in [0.2, 0.25) is 0 Å². The van der Waals surface area contributed by atoms with Crippen molar-refractivity contribution < 1.29 is 9.84 Å². The fourth-order valence-corrected chi connectivity index (χ4v) is 3.33. The number of hydrogen-bond acceptors (Lipinski definition) is 6. The largest absolute Gasteiger partial charge is 0.393 e. The Balaban J connectivity index is 1.71. The van der Waals surface area contributed by atoms with E-state index in [-0.39, 0.29) is 6.10 Å². The van der Waals surface area contributed by atoms with Gasteiger partial charge in [0.25, 0.3) is 0 Å². The molecule has 0 saturated heterocycles. The molecule has 1 heterocycles. The number of nitrogens with one attached hydrogen (secondary N) is 1. The fourth-order valence-electron chi connectivity index (χ4n) is 3.33. The minimum Gasteiger partial charge on any atom is -0.393 e. The smallest absolute Gasteiger partial charge is 0.156 e. The molecular weight excluding hydrogens is 280 g/mol. The molecule has 0 radical (unpaired) electrons. The van der Waals surface area contributed by atoms with Crippen LogP contribution in [0.25, 0.3) is 0 Å². The van der Waals surface area contributed by atoms with Gasteiger partial charge in [0, 0.05) is 36.9 Å². The molecule has 6 nitrogen and oxygen atoms in total. The summed E-state index contributed by atoms with van der Waals surface area (Å²) in [6, 6.07) is 2.74. The van der Waals surface area contributed by atoms with Crippen LogP contribution in [0, 0.1) is 0 Å². The van der Waals surface area contributed by atoms with Crippen molar-refractivity contribution in [1.82, 2.24) is 9.97 Å². The number of anilines is 1. The van der Waals surface area contributed by atoms with E-state index in [1.165, 1.54) is 0 Å². The summed E-state index contributed by atoms with van der Waals surface area (Å²) in [5.74, 6) is 2.04. The number of aliphatic hydroxyl groups excluding tert-OH is 1. The van der Waals surface area contributed by atoms with E-state index in [1.54, 1.807) is 7.11 Å². The van der Waals surface area contributed by atoms with Crippen LogP contribution in [0.1, 0.15) is 56.0 Å². The van der Waals surface area contributed by atoms with E-state index in [0.29, 0.717) is 24.6 Å². The third kappa shape index (κ3) is 3.74. The number of hydrogen-bond donors (Lipinski definition) is 3. The summed E-state index contributed by atoms with van der Waals surface area (Å²) in [4.78, 5) is 9.17. The van der Waals surface area contributed by atoms with Gasteiger partial charge in [0.05, 0.1) is 6.10 Å². The van der Waals surface area contributed by atoms with E-state index in [9.17, 15) is 5.11 Å². The van der Waals surface area contributed by atoms with Crippen LogP contribution in [0.5, 0.6) is 0 Å². The normalized spacial score (nSPS) is 31.6. The molecule has 0 aliphatic heterocycles. The maximum absolute atomic E-state index is 9.61. The van der Waals surface area contributed by atoms with E-state index in [0.717, 1.165) is 55.9 Å². The van der Waals surface area contributed by atoms with Gasteiger partial charge in [-0.05, 0) is 38.5 Å². The number of aliphatic hydroxyl groups is 1. The quantitative estimate of drug-likeness (QED) is 0.764. The van der Waals surface area contributed by atoms with Crippen molar-refractivity contribution in [2.24, 2.45) is 5.73 Å². The van der Waals surface area contributed by atoms with Crippen molar-refractivity contribution in [2.45, 2.75) is 69.2 Å². The van der Waals surface area contributed by atoms with Gasteiger partial charge in [0.2, 0.25) is 0 Å². The molecule has 2 aliphatic rings. The molecule has 1 aromatic heterocycles. The first kappa shape index (κ1) is 15.6. The molecule has 0 bridgehead atoms. The highest BCUT2D eigenvalue weighted by Crippen LogP contribution is 2.35. The zero-order valence-electron chi connectivity index (χ0n) is 13.2. The summed E-state index contributed by atoms with van der Waals surface area (Å²) >= 11 is 0. The first-order valence-electron chi connectivity index (χ1n) is 8.21. The Hall–Kier alpha value is -1.24. The molecule has 0 aromatic carbocycles.